The molecular formula is C20H19ClN4OS. The lowest BCUT2D eigenvalue weighted by Gasteiger charge is -2.15. The number of nitrogens with one attached hydrogen (secondary N) is 1. The molecular weight excluding hydrogens is 380 g/mol. The fraction of sp³-hybridized carbons (Fsp3) is 0.250. The SMILES string of the molecule is O=C(CSc1nc2c(n1-c1ccccc1)CCCC2)Nc1ccc(Cl)cn1. The number of carbonyl (C=O) groups is 1. The summed E-state index contributed by atoms with van der Waals surface area (Å²) in [7, 11) is 0. The van der Waals surface area contributed by atoms with Gasteiger partial charge in [0.15, 0.2) is 5.16 Å². The number of aryl methyl sites for hydroxylation is 1. The van der Waals surface area contributed by atoms with Crippen LogP contribution >= 0.6 is 23.4 Å². The molecule has 1 N–H and O–H groups in total. The van der Waals surface area contributed by atoms with E-state index in [-0.39, 0.29) is 11.7 Å². The van der Waals surface area contributed by atoms with Crippen LogP contribution in [0.2, 0.25) is 5.02 Å². The first-order chi connectivity index (χ1) is 13.2. The lowest BCUT2D eigenvalue weighted by Crippen LogP contribution is -2.15. The van der Waals surface area contributed by atoms with E-state index in [9.17, 15) is 4.79 Å². The lowest BCUT2D eigenvalue weighted by molar-refractivity contribution is -0.113. The van der Waals surface area contributed by atoms with Gasteiger partial charge in [-0.2, -0.15) is 0 Å². The molecule has 0 aliphatic heterocycles. The molecule has 3 aromatic rings. The van der Waals surface area contributed by atoms with Crippen LogP contribution in [0.15, 0.2) is 53.8 Å². The average molecular weight is 399 g/mol. The Morgan fingerprint density at radius 3 is 2.74 bits per heavy atom. The topological polar surface area (TPSA) is 59.8 Å². The molecule has 0 saturated carbocycles. The van der Waals surface area contributed by atoms with Gasteiger partial charge in [-0.15, -0.1) is 0 Å². The molecule has 2 heterocycles. The van der Waals surface area contributed by atoms with E-state index in [4.69, 9.17) is 16.6 Å². The standard InChI is InChI=1S/C20H19ClN4OS/c21-14-10-11-18(22-12-14)24-19(26)13-27-20-23-16-8-4-5-9-17(16)25(20)15-6-2-1-3-7-15/h1-3,6-7,10-12H,4-5,8-9,13H2,(H,22,24,26). The van der Waals surface area contributed by atoms with Gasteiger partial charge in [0.05, 0.1) is 16.5 Å². The van der Waals surface area contributed by atoms with Crippen LogP contribution in [0.5, 0.6) is 0 Å². The summed E-state index contributed by atoms with van der Waals surface area (Å²) in [6, 6.07) is 13.6. The maximum absolute atomic E-state index is 12.3. The van der Waals surface area contributed by atoms with E-state index in [2.05, 4.69) is 27.0 Å². The predicted octanol–water partition coefficient (Wildman–Crippen LogP) is 4.53. The fourth-order valence-electron chi connectivity index (χ4n) is 3.21. The van der Waals surface area contributed by atoms with Crippen molar-refractivity contribution >= 4 is 35.1 Å². The summed E-state index contributed by atoms with van der Waals surface area (Å²) in [5, 5.41) is 4.20. The highest BCUT2D eigenvalue weighted by Crippen LogP contribution is 2.30. The summed E-state index contributed by atoms with van der Waals surface area (Å²) in [5.74, 6) is 0.652. The van der Waals surface area contributed by atoms with E-state index in [0.29, 0.717) is 10.8 Å². The Hall–Kier alpha value is -2.31. The predicted molar refractivity (Wildman–Crippen MR) is 109 cm³/mol. The first kappa shape index (κ1) is 18.1. The molecule has 1 aliphatic rings. The van der Waals surface area contributed by atoms with Crippen molar-refractivity contribution in [2.24, 2.45) is 0 Å². The molecule has 27 heavy (non-hydrogen) atoms. The summed E-state index contributed by atoms with van der Waals surface area (Å²) in [6.45, 7) is 0. The zero-order valence-electron chi connectivity index (χ0n) is 14.7. The second-order valence-corrected chi connectivity index (χ2v) is 7.74. The van der Waals surface area contributed by atoms with Crippen molar-refractivity contribution in [1.29, 1.82) is 0 Å². The van der Waals surface area contributed by atoms with Crippen molar-refractivity contribution in [2.75, 3.05) is 11.1 Å². The first-order valence-electron chi connectivity index (χ1n) is 8.91. The Kier molecular flexibility index (Phi) is 5.45. The van der Waals surface area contributed by atoms with E-state index in [1.165, 1.54) is 36.5 Å². The number of halogens is 1. The van der Waals surface area contributed by atoms with Crippen LogP contribution in [0.1, 0.15) is 24.2 Å². The minimum absolute atomic E-state index is 0.115. The molecule has 1 amide bonds. The number of benzene rings is 1. The van der Waals surface area contributed by atoms with E-state index >= 15 is 0 Å². The van der Waals surface area contributed by atoms with Crippen LogP contribution in [0.3, 0.4) is 0 Å². The number of fused-ring (bicyclic) bond motifs is 1. The van der Waals surface area contributed by atoms with Crippen LogP contribution in [0.4, 0.5) is 5.82 Å². The maximum atomic E-state index is 12.3. The van der Waals surface area contributed by atoms with E-state index < -0.39 is 0 Å². The Morgan fingerprint density at radius 1 is 1.15 bits per heavy atom. The zero-order chi connectivity index (χ0) is 18.6. The molecule has 0 atom stereocenters. The number of carbonyl (C=O) groups excluding carboxylic acids is 1. The average Bonchev–Trinajstić information content (AvgIpc) is 3.07. The van der Waals surface area contributed by atoms with Gasteiger partial charge in [0, 0.05) is 17.6 Å². The Balaban J connectivity index is 1.52. The van der Waals surface area contributed by atoms with Crippen LogP contribution < -0.4 is 5.32 Å². The van der Waals surface area contributed by atoms with Gasteiger partial charge in [0.1, 0.15) is 5.82 Å². The highest BCUT2D eigenvalue weighted by molar-refractivity contribution is 7.99. The largest absolute Gasteiger partial charge is 0.310 e. The number of nitrogens with zero attached hydrogens (tertiary/aromatic N) is 3. The number of thioether (sulfide) groups is 1. The second kappa shape index (κ2) is 8.15. The number of hydrogen-bond donors (Lipinski definition) is 1. The lowest BCUT2D eigenvalue weighted by atomic mass is 10.0. The molecule has 5 nitrogen and oxygen atoms in total. The third kappa shape index (κ3) is 4.17. The highest BCUT2D eigenvalue weighted by atomic mass is 35.5. The molecule has 7 heteroatoms. The van der Waals surface area contributed by atoms with Gasteiger partial charge in [0.2, 0.25) is 5.91 Å². The third-order valence-corrected chi connectivity index (χ3v) is 5.61. The highest BCUT2D eigenvalue weighted by Gasteiger charge is 2.21. The van der Waals surface area contributed by atoms with Crippen molar-refractivity contribution in [1.82, 2.24) is 14.5 Å². The molecule has 0 spiro atoms. The van der Waals surface area contributed by atoms with Crippen molar-refractivity contribution in [2.45, 2.75) is 30.8 Å². The number of rotatable bonds is 5. The quantitative estimate of drug-likeness (QED) is 0.641. The maximum Gasteiger partial charge on any atom is 0.236 e. The monoisotopic (exact) mass is 398 g/mol. The number of imidazole rings is 1. The number of amides is 1. The van der Waals surface area contributed by atoms with Gasteiger partial charge in [-0.05, 0) is 49.9 Å². The minimum Gasteiger partial charge on any atom is -0.310 e. The summed E-state index contributed by atoms with van der Waals surface area (Å²) in [6.07, 6.45) is 5.90. The first-order valence-corrected chi connectivity index (χ1v) is 10.3. The second-order valence-electron chi connectivity index (χ2n) is 6.36. The molecule has 1 aromatic carbocycles. The molecule has 0 saturated heterocycles. The van der Waals surface area contributed by atoms with Crippen LogP contribution in [-0.4, -0.2) is 26.2 Å². The van der Waals surface area contributed by atoms with Crippen LogP contribution in [-0.2, 0) is 17.6 Å². The zero-order valence-corrected chi connectivity index (χ0v) is 16.3. The molecule has 0 unspecified atom stereocenters. The van der Waals surface area contributed by atoms with Gasteiger partial charge in [-0.25, -0.2) is 9.97 Å². The van der Waals surface area contributed by atoms with Crippen molar-refractivity contribution in [3.8, 4) is 5.69 Å². The molecule has 0 radical (unpaired) electrons. The van der Waals surface area contributed by atoms with Crippen molar-refractivity contribution in [3.63, 3.8) is 0 Å². The molecule has 2 aromatic heterocycles. The van der Waals surface area contributed by atoms with Gasteiger partial charge in [-0.1, -0.05) is 41.6 Å². The normalized spacial score (nSPS) is 13.2. The Bertz CT molecular complexity index is 941. The Morgan fingerprint density at radius 2 is 1.96 bits per heavy atom. The fourth-order valence-corrected chi connectivity index (χ4v) is 4.18. The molecule has 0 bridgehead atoms. The van der Waals surface area contributed by atoms with Crippen molar-refractivity contribution in [3.05, 3.63) is 65.1 Å². The van der Waals surface area contributed by atoms with Gasteiger partial charge in [-0.3, -0.25) is 9.36 Å². The van der Waals surface area contributed by atoms with E-state index in [1.807, 2.05) is 18.2 Å². The van der Waals surface area contributed by atoms with Gasteiger partial charge in [0.25, 0.3) is 0 Å². The van der Waals surface area contributed by atoms with Crippen molar-refractivity contribution < 1.29 is 4.79 Å². The number of anilines is 1. The summed E-state index contributed by atoms with van der Waals surface area (Å²) >= 11 is 7.28. The number of aromatic nitrogens is 3. The van der Waals surface area contributed by atoms with E-state index in [1.54, 1.807) is 12.1 Å². The molecule has 138 valence electrons. The summed E-state index contributed by atoms with van der Waals surface area (Å²) in [5.41, 5.74) is 3.53. The third-order valence-electron chi connectivity index (χ3n) is 4.44. The molecule has 4 rings (SSSR count). The number of para-hydroxylation sites is 1. The Labute approximate surface area is 167 Å². The van der Waals surface area contributed by atoms with Gasteiger partial charge >= 0.3 is 0 Å². The smallest absolute Gasteiger partial charge is 0.236 e. The van der Waals surface area contributed by atoms with Gasteiger partial charge < -0.3 is 5.32 Å². The summed E-state index contributed by atoms with van der Waals surface area (Å²) in [4.78, 5) is 21.2. The molecule has 1 aliphatic carbocycles. The summed E-state index contributed by atoms with van der Waals surface area (Å²) < 4.78 is 2.20. The van der Waals surface area contributed by atoms with Crippen LogP contribution in [0, 0.1) is 0 Å². The van der Waals surface area contributed by atoms with Crippen LogP contribution in [0.25, 0.3) is 5.69 Å². The minimum atomic E-state index is -0.115. The number of pyridine rings is 1. The molecule has 0 fully saturated rings. The number of hydrogen-bond acceptors (Lipinski definition) is 4. The van der Waals surface area contributed by atoms with E-state index in [0.717, 1.165) is 29.4 Å².